The molecule has 0 saturated carbocycles. The Morgan fingerprint density at radius 2 is 2.06 bits per heavy atom. The molecular weight excluding hydrogens is 214 g/mol. The number of hydrogen-bond acceptors (Lipinski definition) is 4. The smallest absolute Gasteiger partial charge is 0.332 e. The quantitative estimate of drug-likeness (QED) is 0.370. The average molecular weight is 225 g/mol. The van der Waals surface area contributed by atoms with Crippen molar-refractivity contribution in [2.45, 2.75) is 12.5 Å². The molecule has 0 aliphatic carbocycles. The number of carboxylic acids is 1. The summed E-state index contributed by atoms with van der Waals surface area (Å²) in [4.78, 5) is 20.9. The summed E-state index contributed by atoms with van der Waals surface area (Å²) in [5, 5.41) is 18.1. The molecule has 0 heterocycles. The third-order valence-electron chi connectivity index (χ3n) is 1.98. The summed E-state index contributed by atoms with van der Waals surface area (Å²) < 4.78 is 0. The zero-order valence-corrected chi connectivity index (χ0v) is 8.29. The molecule has 4 N–H and O–H groups in total. The van der Waals surface area contributed by atoms with Crippen molar-refractivity contribution in [3.63, 3.8) is 0 Å². The van der Waals surface area contributed by atoms with E-state index in [9.17, 15) is 14.9 Å². The molecule has 1 aromatic rings. The van der Waals surface area contributed by atoms with Gasteiger partial charge in [0.05, 0.1) is 0 Å². The van der Waals surface area contributed by atoms with Crippen LogP contribution >= 0.6 is 0 Å². The third-order valence-corrected chi connectivity index (χ3v) is 1.98. The molecule has 0 fully saturated rings. The Bertz CT molecular complexity index is 390. The van der Waals surface area contributed by atoms with Crippen LogP contribution in [0.15, 0.2) is 24.3 Å². The lowest BCUT2D eigenvalue weighted by molar-refractivity contribution is -0.548. The summed E-state index contributed by atoms with van der Waals surface area (Å²) in [6, 6.07) is 5.24. The molecular formula is C9H11N3O4. The molecule has 1 rings (SSSR count). The van der Waals surface area contributed by atoms with Crippen molar-refractivity contribution in [3.8, 4) is 0 Å². The molecule has 86 valence electrons. The first-order chi connectivity index (χ1) is 7.49. The molecule has 1 aromatic carbocycles. The van der Waals surface area contributed by atoms with E-state index in [2.05, 4.69) is 0 Å². The largest absolute Gasteiger partial charge is 0.480 e. The standard InChI is InChI=1S/C9H11N3O4/c10-7-3-1-6(2-4-7)5-8(9(13)14)11-12(15)16/h1-4,8,11H,5,10H2,(H,13,14)/t8-/m0/s1. The van der Waals surface area contributed by atoms with Crippen molar-refractivity contribution >= 4 is 11.7 Å². The maximum Gasteiger partial charge on any atom is 0.332 e. The van der Waals surface area contributed by atoms with Crippen LogP contribution < -0.4 is 11.2 Å². The summed E-state index contributed by atoms with van der Waals surface area (Å²) in [7, 11) is 0. The molecule has 0 bridgehead atoms. The predicted molar refractivity (Wildman–Crippen MR) is 56.1 cm³/mol. The predicted octanol–water partition coefficient (Wildman–Crippen LogP) is 0.0458. The van der Waals surface area contributed by atoms with Gasteiger partial charge in [0, 0.05) is 12.1 Å². The summed E-state index contributed by atoms with van der Waals surface area (Å²) in [5.74, 6) is -1.27. The van der Waals surface area contributed by atoms with E-state index in [4.69, 9.17) is 10.8 Å². The fourth-order valence-electron chi connectivity index (χ4n) is 1.20. The summed E-state index contributed by atoms with van der Waals surface area (Å²) in [6.07, 6.45) is 0.0244. The number of benzene rings is 1. The van der Waals surface area contributed by atoms with Gasteiger partial charge < -0.3 is 10.8 Å². The minimum Gasteiger partial charge on any atom is -0.480 e. The lowest BCUT2D eigenvalue weighted by Crippen LogP contribution is -2.41. The van der Waals surface area contributed by atoms with Crippen molar-refractivity contribution < 1.29 is 14.9 Å². The molecule has 0 radical (unpaired) electrons. The second-order valence-electron chi connectivity index (χ2n) is 3.22. The second kappa shape index (κ2) is 4.96. The zero-order chi connectivity index (χ0) is 12.1. The van der Waals surface area contributed by atoms with Gasteiger partial charge in [-0.05, 0) is 17.7 Å². The Balaban J connectivity index is 2.71. The molecule has 0 aliphatic heterocycles. The fourth-order valence-corrected chi connectivity index (χ4v) is 1.20. The van der Waals surface area contributed by atoms with Crippen LogP contribution in [0.3, 0.4) is 0 Å². The first-order valence-corrected chi connectivity index (χ1v) is 4.47. The van der Waals surface area contributed by atoms with Crippen LogP contribution in [-0.2, 0) is 11.2 Å². The van der Waals surface area contributed by atoms with Gasteiger partial charge >= 0.3 is 5.97 Å². The van der Waals surface area contributed by atoms with E-state index in [-0.39, 0.29) is 6.42 Å². The number of carboxylic acid groups (broad SMARTS) is 1. The van der Waals surface area contributed by atoms with E-state index in [0.29, 0.717) is 11.3 Å². The van der Waals surface area contributed by atoms with Gasteiger partial charge in [0.15, 0.2) is 11.1 Å². The molecule has 0 unspecified atom stereocenters. The Labute approximate surface area is 91.0 Å². The van der Waals surface area contributed by atoms with Crippen LogP contribution in [0.2, 0.25) is 0 Å². The summed E-state index contributed by atoms with van der Waals surface area (Å²) in [5.41, 5.74) is 8.41. The van der Waals surface area contributed by atoms with Crippen LogP contribution in [0.5, 0.6) is 0 Å². The molecule has 7 heteroatoms. The van der Waals surface area contributed by atoms with E-state index in [0.717, 1.165) is 0 Å². The lowest BCUT2D eigenvalue weighted by Gasteiger charge is -2.09. The van der Waals surface area contributed by atoms with E-state index >= 15 is 0 Å². The molecule has 0 amide bonds. The molecule has 0 aromatic heterocycles. The number of rotatable bonds is 5. The van der Waals surface area contributed by atoms with Crippen molar-refractivity contribution in [2.24, 2.45) is 0 Å². The first kappa shape index (κ1) is 11.8. The number of carbonyl (C=O) groups is 1. The van der Waals surface area contributed by atoms with Gasteiger partial charge in [0.1, 0.15) is 0 Å². The molecule has 0 aliphatic rings. The monoisotopic (exact) mass is 225 g/mol. The van der Waals surface area contributed by atoms with Gasteiger partial charge in [-0.3, -0.25) is 0 Å². The number of hydrogen-bond donors (Lipinski definition) is 3. The first-order valence-electron chi connectivity index (χ1n) is 4.47. The zero-order valence-electron chi connectivity index (χ0n) is 8.29. The van der Waals surface area contributed by atoms with Crippen LogP contribution in [0.4, 0.5) is 5.69 Å². The molecule has 0 spiro atoms. The number of aliphatic carboxylic acids is 1. The molecule has 7 nitrogen and oxygen atoms in total. The van der Waals surface area contributed by atoms with Gasteiger partial charge in [-0.25, -0.2) is 14.9 Å². The highest BCUT2D eigenvalue weighted by Crippen LogP contribution is 2.08. The Hall–Kier alpha value is -2.31. The number of nitro groups is 1. The molecule has 1 atom stereocenters. The minimum atomic E-state index is -1.27. The van der Waals surface area contributed by atoms with Crippen molar-refractivity contribution in [3.05, 3.63) is 39.9 Å². The second-order valence-corrected chi connectivity index (χ2v) is 3.22. The molecule has 16 heavy (non-hydrogen) atoms. The normalized spacial score (nSPS) is 11.8. The van der Waals surface area contributed by atoms with Crippen LogP contribution in [0.1, 0.15) is 5.56 Å². The number of nitrogens with zero attached hydrogens (tertiary/aromatic N) is 1. The lowest BCUT2D eigenvalue weighted by atomic mass is 10.1. The number of nitrogen functional groups attached to an aromatic ring is 1. The average Bonchev–Trinajstić information content (AvgIpc) is 2.19. The van der Waals surface area contributed by atoms with E-state index in [1.807, 2.05) is 0 Å². The van der Waals surface area contributed by atoms with Gasteiger partial charge in [0.25, 0.3) is 0 Å². The van der Waals surface area contributed by atoms with Crippen LogP contribution in [-0.4, -0.2) is 22.1 Å². The summed E-state index contributed by atoms with van der Waals surface area (Å²) in [6.45, 7) is 0. The fraction of sp³-hybridized carbons (Fsp3) is 0.222. The van der Waals surface area contributed by atoms with E-state index in [1.54, 1.807) is 29.7 Å². The number of anilines is 1. The highest BCUT2D eigenvalue weighted by atomic mass is 16.7. The highest BCUT2D eigenvalue weighted by Gasteiger charge is 2.22. The number of hydrazine groups is 1. The van der Waals surface area contributed by atoms with Crippen molar-refractivity contribution in [2.75, 3.05) is 5.73 Å². The van der Waals surface area contributed by atoms with Gasteiger partial charge in [-0.2, -0.15) is 0 Å². The minimum absolute atomic E-state index is 0.0244. The van der Waals surface area contributed by atoms with E-state index in [1.165, 1.54) is 0 Å². The third kappa shape index (κ3) is 3.45. The number of nitrogens with two attached hydrogens (primary N) is 1. The van der Waals surface area contributed by atoms with Gasteiger partial charge in [-0.1, -0.05) is 12.1 Å². The van der Waals surface area contributed by atoms with Gasteiger partial charge in [0.2, 0.25) is 0 Å². The summed E-state index contributed by atoms with van der Waals surface area (Å²) >= 11 is 0. The van der Waals surface area contributed by atoms with Gasteiger partial charge in [-0.15, -0.1) is 5.43 Å². The molecule has 0 saturated heterocycles. The highest BCUT2D eigenvalue weighted by molar-refractivity contribution is 5.73. The Morgan fingerprint density at radius 3 is 2.50 bits per heavy atom. The maximum absolute atomic E-state index is 10.7. The SMILES string of the molecule is Nc1ccc(C[C@H](N[N+](=O)[O-])C(=O)O)cc1. The van der Waals surface area contributed by atoms with Crippen molar-refractivity contribution in [1.82, 2.24) is 5.43 Å². The van der Waals surface area contributed by atoms with Crippen molar-refractivity contribution in [1.29, 1.82) is 0 Å². The Morgan fingerprint density at radius 1 is 1.50 bits per heavy atom. The topological polar surface area (TPSA) is 118 Å². The number of nitrogens with one attached hydrogen (secondary N) is 1. The van der Waals surface area contributed by atoms with E-state index < -0.39 is 17.0 Å². The maximum atomic E-state index is 10.7. The van der Waals surface area contributed by atoms with Crippen LogP contribution in [0, 0.1) is 10.1 Å². The Kier molecular flexibility index (Phi) is 3.65. The van der Waals surface area contributed by atoms with Crippen LogP contribution in [0.25, 0.3) is 0 Å².